The van der Waals surface area contributed by atoms with Crippen LogP contribution in [0, 0.1) is 0 Å². The molecule has 1 aliphatic heterocycles. The molecule has 0 aromatic carbocycles. The highest BCUT2D eigenvalue weighted by Crippen LogP contribution is 2.25. The Bertz CT molecular complexity index is 607. The van der Waals surface area contributed by atoms with Crippen LogP contribution in [0.25, 0.3) is 0 Å². The number of aliphatic hydroxyl groups is 1. The zero-order chi connectivity index (χ0) is 14.2. The third-order valence-corrected chi connectivity index (χ3v) is 4.80. The van der Waals surface area contributed by atoms with Gasteiger partial charge in [-0.1, -0.05) is 0 Å². The Morgan fingerprint density at radius 3 is 2.63 bits per heavy atom. The number of hydrogen-bond acceptors (Lipinski definition) is 5. The van der Waals surface area contributed by atoms with Crippen LogP contribution in [0.3, 0.4) is 0 Å². The highest BCUT2D eigenvalue weighted by molar-refractivity contribution is 7.91. The van der Waals surface area contributed by atoms with E-state index in [9.17, 15) is 13.2 Å². The number of aliphatic hydroxyl groups excluding tert-OH is 1. The summed E-state index contributed by atoms with van der Waals surface area (Å²) in [4.78, 5) is 16.0. The molecule has 0 spiro atoms. The average molecular weight is 289 g/mol. The maximum Gasteiger partial charge on any atom is 0.408 e. The van der Waals surface area contributed by atoms with Gasteiger partial charge in [0.15, 0.2) is 0 Å². The molecule has 0 aliphatic carbocycles. The molecule has 9 heteroatoms. The van der Waals surface area contributed by atoms with Crippen molar-refractivity contribution < 1.29 is 23.4 Å². The predicted octanol–water partition coefficient (Wildman–Crippen LogP) is -0.430. The fourth-order valence-electron chi connectivity index (χ4n) is 2.06. The van der Waals surface area contributed by atoms with Gasteiger partial charge < -0.3 is 14.8 Å². The second-order valence-corrected chi connectivity index (χ2v) is 6.38. The summed E-state index contributed by atoms with van der Waals surface area (Å²) in [5, 5.41) is 17.5. The van der Waals surface area contributed by atoms with Crippen LogP contribution < -0.4 is 0 Å². The third kappa shape index (κ3) is 2.43. The van der Waals surface area contributed by atoms with Gasteiger partial charge in [0.1, 0.15) is 0 Å². The van der Waals surface area contributed by atoms with Gasteiger partial charge in [-0.3, -0.25) is 4.90 Å². The topological polar surface area (TPSA) is 113 Å². The van der Waals surface area contributed by atoms with Crippen molar-refractivity contribution in [3.8, 4) is 0 Å². The molecule has 1 aromatic rings. The summed E-state index contributed by atoms with van der Waals surface area (Å²) in [5.41, 5.74) is 1.08. The average Bonchev–Trinajstić information content (AvgIpc) is 2.87. The van der Waals surface area contributed by atoms with E-state index in [0.717, 1.165) is 0 Å². The monoisotopic (exact) mass is 289 g/mol. The van der Waals surface area contributed by atoms with Crippen LogP contribution in [0.5, 0.6) is 0 Å². The Balaban J connectivity index is 2.29. The number of nitrogens with zero attached hydrogens (tertiary/aromatic N) is 3. The summed E-state index contributed by atoms with van der Waals surface area (Å²) >= 11 is 0. The molecule has 0 saturated carbocycles. The quantitative estimate of drug-likeness (QED) is 0.777. The number of sulfone groups is 1. The van der Waals surface area contributed by atoms with Gasteiger partial charge in [-0.05, 0) is 6.42 Å². The second kappa shape index (κ2) is 4.82. The fourth-order valence-corrected chi connectivity index (χ4v) is 3.53. The van der Waals surface area contributed by atoms with Crippen LogP contribution in [-0.4, -0.2) is 51.5 Å². The molecule has 0 saturated heterocycles. The van der Waals surface area contributed by atoms with E-state index in [1.165, 1.54) is 9.47 Å². The lowest BCUT2D eigenvalue weighted by Gasteiger charge is -2.11. The first-order chi connectivity index (χ1) is 8.86. The van der Waals surface area contributed by atoms with E-state index in [1.54, 1.807) is 7.05 Å². The number of imidazole rings is 1. The zero-order valence-corrected chi connectivity index (χ0v) is 11.2. The molecule has 0 fully saturated rings. The van der Waals surface area contributed by atoms with Crippen LogP contribution in [-0.2, 0) is 30.0 Å². The van der Waals surface area contributed by atoms with Crippen LogP contribution >= 0.6 is 0 Å². The number of hydrogen-bond donors (Lipinski definition) is 2. The van der Waals surface area contributed by atoms with Crippen LogP contribution in [0.2, 0.25) is 0 Å². The van der Waals surface area contributed by atoms with Gasteiger partial charge in [0, 0.05) is 13.7 Å². The van der Waals surface area contributed by atoms with E-state index in [1.807, 2.05) is 0 Å². The zero-order valence-electron chi connectivity index (χ0n) is 10.4. The van der Waals surface area contributed by atoms with Gasteiger partial charge in [-0.25, -0.2) is 18.2 Å². The highest BCUT2D eigenvalue weighted by atomic mass is 32.2. The predicted molar refractivity (Wildman–Crippen MR) is 64.2 cm³/mol. The lowest BCUT2D eigenvalue weighted by molar-refractivity contribution is 0.144. The molecule has 106 valence electrons. The standard InChI is InChI=1S/C10H15N3O5S/c1-12-8-6-13(10(15)16)5-7(8)11-9(12)19(17,18)4-2-3-14/h14H,2-6H2,1H3,(H,15,16). The first-order valence-electron chi connectivity index (χ1n) is 5.72. The van der Waals surface area contributed by atoms with Crippen molar-refractivity contribution in [2.45, 2.75) is 24.7 Å². The molecule has 2 N–H and O–H groups in total. The summed E-state index contributed by atoms with van der Waals surface area (Å²) in [6, 6.07) is 0. The Kier molecular flexibility index (Phi) is 3.50. The van der Waals surface area contributed by atoms with E-state index in [0.29, 0.717) is 11.4 Å². The normalized spacial score (nSPS) is 14.7. The maximum atomic E-state index is 12.0. The Labute approximate surface area is 110 Å². The van der Waals surface area contributed by atoms with Gasteiger partial charge in [0.2, 0.25) is 15.0 Å². The van der Waals surface area contributed by atoms with Crippen molar-refractivity contribution in [3.05, 3.63) is 11.4 Å². The molecule has 0 unspecified atom stereocenters. The first-order valence-corrected chi connectivity index (χ1v) is 7.38. The summed E-state index contributed by atoms with van der Waals surface area (Å²) in [7, 11) is -1.98. The SMILES string of the molecule is Cn1c(S(=O)(=O)CCCO)nc2c1CN(C(=O)O)C2. The molecule has 1 amide bonds. The Hall–Kier alpha value is -1.61. The maximum absolute atomic E-state index is 12.0. The van der Waals surface area contributed by atoms with Gasteiger partial charge in [0.05, 0.1) is 30.2 Å². The minimum Gasteiger partial charge on any atom is -0.465 e. The molecule has 0 radical (unpaired) electrons. The van der Waals surface area contributed by atoms with E-state index < -0.39 is 15.9 Å². The lowest BCUT2D eigenvalue weighted by atomic mass is 10.4. The van der Waals surface area contributed by atoms with Gasteiger partial charge in [0.25, 0.3) is 0 Å². The minimum absolute atomic E-state index is 0.0593. The number of carboxylic acid groups (broad SMARTS) is 1. The van der Waals surface area contributed by atoms with Crippen LogP contribution in [0.1, 0.15) is 17.8 Å². The molecule has 2 heterocycles. The molecule has 19 heavy (non-hydrogen) atoms. The summed E-state index contributed by atoms with van der Waals surface area (Å²) in [5.74, 6) is -0.171. The molecular formula is C10H15N3O5S. The number of fused-ring (bicyclic) bond motifs is 1. The Morgan fingerprint density at radius 2 is 2.11 bits per heavy atom. The lowest BCUT2D eigenvalue weighted by Crippen LogP contribution is -2.24. The van der Waals surface area contributed by atoms with Gasteiger partial charge in [-0.2, -0.15) is 0 Å². The van der Waals surface area contributed by atoms with Gasteiger partial charge >= 0.3 is 6.09 Å². The molecule has 0 bridgehead atoms. The highest BCUT2D eigenvalue weighted by Gasteiger charge is 2.32. The van der Waals surface area contributed by atoms with Crippen molar-refractivity contribution in [2.24, 2.45) is 7.05 Å². The van der Waals surface area contributed by atoms with Crippen molar-refractivity contribution in [1.29, 1.82) is 0 Å². The number of amides is 1. The number of rotatable bonds is 4. The van der Waals surface area contributed by atoms with Crippen molar-refractivity contribution >= 4 is 15.9 Å². The summed E-state index contributed by atoms with van der Waals surface area (Å²) in [6.45, 7) is 0.0495. The summed E-state index contributed by atoms with van der Waals surface area (Å²) < 4.78 is 25.4. The Morgan fingerprint density at radius 1 is 1.42 bits per heavy atom. The molecule has 1 aromatic heterocycles. The van der Waals surface area contributed by atoms with Crippen LogP contribution in [0.4, 0.5) is 4.79 Å². The molecule has 1 aliphatic rings. The molecule has 8 nitrogen and oxygen atoms in total. The first kappa shape index (κ1) is 13.8. The second-order valence-electron chi connectivity index (χ2n) is 4.38. The van der Waals surface area contributed by atoms with Crippen molar-refractivity contribution in [1.82, 2.24) is 14.5 Å². The third-order valence-electron chi connectivity index (χ3n) is 3.06. The summed E-state index contributed by atoms with van der Waals surface area (Å²) in [6.07, 6.45) is -0.899. The van der Waals surface area contributed by atoms with Crippen LogP contribution in [0.15, 0.2) is 5.16 Å². The molecular weight excluding hydrogens is 274 g/mol. The molecule has 2 rings (SSSR count). The van der Waals surface area contributed by atoms with E-state index >= 15 is 0 Å². The van der Waals surface area contributed by atoms with E-state index in [4.69, 9.17) is 10.2 Å². The minimum atomic E-state index is -3.54. The van der Waals surface area contributed by atoms with E-state index in [-0.39, 0.29) is 37.0 Å². The van der Waals surface area contributed by atoms with E-state index in [2.05, 4.69) is 4.98 Å². The number of aromatic nitrogens is 2. The smallest absolute Gasteiger partial charge is 0.408 e. The number of carbonyl (C=O) groups is 1. The fraction of sp³-hybridized carbons (Fsp3) is 0.600. The van der Waals surface area contributed by atoms with Gasteiger partial charge in [-0.15, -0.1) is 0 Å². The molecule has 0 atom stereocenters. The largest absolute Gasteiger partial charge is 0.465 e. The van der Waals surface area contributed by atoms with Crippen molar-refractivity contribution in [3.63, 3.8) is 0 Å². The van der Waals surface area contributed by atoms with Crippen molar-refractivity contribution in [2.75, 3.05) is 12.4 Å².